The second-order valence-electron chi connectivity index (χ2n) is 8.31. The summed E-state index contributed by atoms with van der Waals surface area (Å²) in [7, 11) is 1.21. The zero-order valence-corrected chi connectivity index (χ0v) is 24.0. The van der Waals surface area contributed by atoms with Crippen LogP contribution >= 0.6 is 22.9 Å². The molecule has 2 unspecified atom stereocenters. The average Bonchev–Trinajstić information content (AvgIpc) is 3.32. The summed E-state index contributed by atoms with van der Waals surface area (Å²) in [5, 5.41) is 24.0. The lowest BCUT2D eigenvalue weighted by atomic mass is 10.1. The van der Waals surface area contributed by atoms with Gasteiger partial charge in [0.05, 0.1) is 19.0 Å². The molecule has 1 amide bonds. The molecule has 3 rings (SSSR count). The SMILES string of the molecule is CO.Cc1sc(S(=O)N2CC(=O)N(Cc3ccc(C(=N)N(C)CCC#N)cc3)C(C=O)C2)cc1/C=C\CCl. The molecule has 0 radical (unpaired) electrons. The molecule has 2 atom stereocenters. The van der Waals surface area contributed by atoms with Crippen LogP contribution in [-0.2, 0) is 27.1 Å². The molecule has 2 aromatic rings. The van der Waals surface area contributed by atoms with Crippen molar-refractivity contribution in [1.29, 1.82) is 10.7 Å². The Balaban J connectivity index is 0.00000247. The van der Waals surface area contributed by atoms with Gasteiger partial charge in [-0.2, -0.15) is 5.26 Å². The minimum absolute atomic E-state index is 0.0484. The lowest BCUT2D eigenvalue weighted by Gasteiger charge is -2.37. The van der Waals surface area contributed by atoms with Crippen LogP contribution in [0.4, 0.5) is 0 Å². The summed E-state index contributed by atoms with van der Waals surface area (Å²) in [5.41, 5.74) is 2.46. The van der Waals surface area contributed by atoms with Crippen molar-refractivity contribution in [3.63, 3.8) is 0 Å². The van der Waals surface area contributed by atoms with Crippen molar-refractivity contribution < 1.29 is 18.9 Å². The highest BCUT2D eigenvalue weighted by atomic mass is 35.5. The Bertz CT molecular complexity index is 1210. The molecule has 0 aliphatic carbocycles. The summed E-state index contributed by atoms with van der Waals surface area (Å²) in [6, 6.07) is 10.4. The summed E-state index contributed by atoms with van der Waals surface area (Å²) in [6.07, 6.45) is 4.76. The highest BCUT2D eigenvalue weighted by Gasteiger charge is 2.35. The number of halogens is 1. The fourth-order valence-corrected chi connectivity index (χ4v) is 6.58. The van der Waals surface area contributed by atoms with Crippen molar-refractivity contribution in [2.75, 3.05) is 39.7 Å². The number of carbonyl (C=O) groups excluding carboxylic acids is 2. The van der Waals surface area contributed by atoms with Crippen LogP contribution < -0.4 is 0 Å². The van der Waals surface area contributed by atoms with E-state index in [-0.39, 0.29) is 25.5 Å². The Morgan fingerprint density at radius 2 is 2.05 bits per heavy atom. The molecule has 204 valence electrons. The molecule has 1 saturated heterocycles. The fraction of sp³-hybridized carbons (Fsp3) is 0.385. The molecule has 0 spiro atoms. The van der Waals surface area contributed by atoms with Crippen molar-refractivity contribution >= 4 is 58.0 Å². The average molecular weight is 578 g/mol. The third-order valence-corrected chi connectivity index (χ3v) is 8.75. The van der Waals surface area contributed by atoms with E-state index in [4.69, 9.17) is 27.4 Å². The number of alkyl halides is 1. The minimum atomic E-state index is -1.55. The number of benzene rings is 1. The number of nitrogens with zero attached hydrogens (tertiary/aromatic N) is 4. The minimum Gasteiger partial charge on any atom is -0.400 e. The lowest BCUT2D eigenvalue weighted by molar-refractivity contribution is -0.141. The Kier molecular flexibility index (Phi) is 12.8. The van der Waals surface area contributed by atoms with Crippen LogP contribution in [0, 0.1) is 23.7 Å². The van der Waals surface area contributed by atoms with Crippen LogP contribution in [0.3, 0.4) is 0 Å². The highest BCUT2D eigenvalue weighted by molar-refractivity contribution is 7.85. The first kappa shape index (κ1) is 31.3. The number of carbonyl (C=O) groups is 2. The second kappa shape index (κ2) is 15.5. The normalized spacial score (nSPS) is 16.5. The number of aryl methyl sites for hydroxylation is 1. The van der Waals surface area contributed by atoms with Crippen molar-refractivity contribution in [2.24, 2.45) is 0 Å². The first-order valence-electron chi connectivity index (χ1n) is 11.7. The number of rotatable bonds is 10. The van der Waals surface area contributed by atoms with Gasteiger partial charge in [-0.05, 0) is 24.1 Å². The molecule has 1 aliphatic rings. The molecule has 1 aromatic carbocycles. The Hall–Kier alpha value is -2.88. The van der Waals surface area contributed by atoms with Gasteiger partial charge in [-0.3, -0.25) is 10.2 Å². The van der Waals surface area contributed by atoms with E-state index in [0.29, 0.717) is 34.5 Å². The molecular weight excluding hydrogens is 546 g/mol. The summed E-state index contributed by atoms with van der Waals surface area (Å²) < 4.78 is 15.4. The van der Waals surface area contributed by atoms with Crippen LogP contribution in [0.5, 0.6) is 0 Å². The molecule has 9 nitrogen and oxygen atoms in total. The Labute approximate surface area is 235 Å². The lowest BCUT2D eigenvalue weighted by Crippen LogP contribution is -2.56. The van der Waals surface area contributed by atoms with Gasteiger partial charge in [0.25, 0.3) is 0 Å². The van der Waals surface area contributed by atoms with Crippen LogP contribution in [0.1, 0.15) is 28.0 Å². The maximum atomic E-state index is 13.2. The van der Waals surface area contributed by atoms with Gasteiger partial charge in [0.1, 0.15) is 33.4 Å². The summed E-state index contributed by atoms with van der Waals surface area (Å²) in [4.78, 5) is 29.1. The zero-order valence-electron chi connectivity index (χ0n) is 21.6. The van der Waals surface area contributed by atoms with E-state index in [1.807, 2.05) is 37.3 Å². The second-order valence-corrected chi connectivity index (χ2v) is 11.6. The van der Waals surface area contributed by atoms with E-state index in [2.05, 4.69) is 6.07 Å². The predicted octanol–water partition coefficient (Wildman–Crippen LogP) is 3.02. The number of hydrogen-bond donors (Lipinski definition) is 2. The highest BCUT2D eigenvalue weighted by Crippen LogP contribution is 2.28. The number of allylic oxidation sites excluding steroid dienone is 1. The van der Waals surface area contributed by atoms with E-state index < -0.39 is 17.0 Å². The van der Waals surface area contributed by atoms with Crippen LogP contribution in [0.25, 0.3) is 6.08 Å². The monoisotopic (exact) mass is 577 g/mol. The molecule has 2 N–H and O–H groups in total. The third-order valence-electron chi connectivity index (χ3n) is 5.83. The number of piperazine rings is 1. The van der Waals surface area contributed by atoms with Gasteiger partial charge in [0, 0.05) is 50.1 Å². The zero-order chi connectivity index (χ0) is 28.2. The number of aldehydes is 1. The van der Waals surface area contributed by atoms with Crippen molar-refractivity contribution in [3.8, 4) is 6.07 Å². The number of nitrogens with one attached hydrogen (secondary N) is 1. The van der Waals surface area contributed by atoms with Crippen LogP contribution in [0.2, 0.25) is 0 Å². The molecule has 1 aromatic heterocycles. The quantitative estimate of drug-likeness (QED) is 0.193. The number of aliphatic hydroxyl groups is 1. The molecule has 0 saturated carbocycles. The Morgan fingerprint density at radius 3 is 2.66 bits per heavy atom. The molecular formula is C26H32ClN5O4S2. The van der Waals surface area contributed by atoms with Crippen molar-refractivity contribution in [2.45, 2.75) is 30.1 Å². The van der Waals surface area contributed by atoms with Crippen molar-refractivity contribution in [3.05, 3.63) is 58.0 Å². The van der Waals surface area contributed by atoms with Gasteiger partial charge >= 0.3 is 0 Å². The smallest absolute Gasteiger partial charge is 0.238 e. The maximum Gasteiger partial charge on any atom is 0.238 e. The number of amidine groups is 1. The van der Waals surface area contributed by atoms with Gasteiger partial charge in [0.15, 0.2) is 0 Å². The molecule has 12 heteroatoms. The van der Waals surface area contributed by atoms with Gasteiger partial charge < -0.3 is 19.7 Å². The largest absolute Gasteiger partial charge is 0.400 e. The van der Waals surface area contributed by atoms with E-state index in [1.165, 1.54) is 16.2 Å². The Morgan fingerprint density at radius 1 is 1.37 bits per heavy atom. The number of aliphatic hydroxyl groups excluding tert-OH is 1. The first-order valence-corrected chi connectivity index (χ1v) is 14.2. The number of hydrogen-bond acceptors (Lipinski definition) is 7. The maximum absolute atomic E-state index is 13.2. The predicted molar refractivity (Wildman–Crippen MR) is 151 cm³/mol. The molecule has 0 bridgehead atoms. The summed E-state index contributed by atoms with van der Waals surface area (Å²) in [6.45, 7) is 2.78. The molecule has 2 heterocycles. The molecule has 1 fully saturated rings. The fourth-order valence-electron chi connectivity index (χ4n) is 3.78. The standard InChI is InChI=1S/C25H28ClN5O3S2.CH4O/c1-18-21(5-3-10-26)13-24(35-18)36(34)30-15-22(17-32)31(23(33)16-30)14-19-6-8-20(9-7-19)25(28)29(2)12-4-11-27;1-2/h3,5-9,13,17,22,28H,4,10,12,14-16H2,1-2H3;2H,1H3/b5-3-,28-25?;. The number of thiophene rings is 1. The first-order chi connectivity index (χ1) is 18.3. The number of nitriles is 1. The number of amides is 1. The van der Waals surface area contributed by atoms with Gasteiger partial charge in [-0.1, -0.05) is 36.4 Å². The van der Waals surface area contributed by atoms with Crippen LogP contribution in [-0.4, -0.2) is 87.2 Å². The van der Waals surface area contributed by atoms with E-state index >= 15 is 0 Å². The van der Waals surface area contributed by atoms with Gasteiger partial charge in [0.2, 0.25) is 5.91 Å². The molecule has 38 heavy (non-hydrogen) atoms. The van der Waals surface area contributed by atoms with Crippen molar-refractivity contribution in [1.82, 2.24) is 14.1 Å². The van der Waals surface area contributed by atoms with E-state index in [1.54, 1.807) is 28.4 Å². The topological polar surface area (TPSA) is 129 Å². The third kappa shape index (κ3) is 8.06. The van der Waals surface area contributed by atoms with E-state index in [9.17, 15) is 13.8 Å². The van der Waals surface area contributed by atoms with E-state index in [0.717, 1.165) is 29.4 Å². The van der Waals surface area contributed by atoms with Gasteiger partial charge in [-0.25, -0.2) is 8.51 Å². The molecule has 1 aliphatic heterocycles. The van der Waals surface area contributed by atoms with Gasteiger partial charge in [-0.15, -0.1) is 22.9 Å². The summed E-state index contributed by atoms with van der Waals surface area (Å²) >= 11 is 7.12. The van der Waals surface area contributed by atoms with Crippen LogP contribution in [0.15, 0.2) is 40.6 Å². The summed E-state index contributed by atoms with van der Waals surface area (Å²) in [5.74, 6) is 0.422.